The van der Waals surface area contributed by atoms with E-state index in [2.05, 4.69) is 15.8 Å². The zero-order chi connectivity index (χ0) is 23.5. The Hall–Kier alpha value is -4.33. The molecule has 0 aliphatic heterocycles. The summed E-state index contributed by atoms with van der Waals surface area (Å²) in [6.45, 7) is 3.32. The molecule has 0 aliphatic carbocycles. The first-order valence-corrected chi connectivity index (χ1v) is 10.3. The molecular weight excluding hydrogens is 422 g/mol. The Kier molecular flexibility index (Phi) is 5.99. The molecule has 0 fully saturated rings. The molecule has 3 aromatic carbocycles. The maximum atomic E-state index is 12.6. The van der Waals surface area contributed by atoms with Crippen LogP contribution in [0.15, 0.2) is 64.1 Å². The number of hydrogen-bond acceptors (Lipinski definition) is 6. The van der Waals surface area contributed by atoms with Crippen LogP contribution in [0.25, 0.3) is 21.9 Å². The van der Waals surface area contributed by atoms with E-state index in [1.54, 1.807) is 32.0 Å². The van der Waals surface area contributed by atoms with Crippen molar-refractivity contribution >= 4 is 45.2 Å². The summed E-state index contributed by atoms with van der Waals surface area (Å²) in [5, 5.41) is 18.6. The van der Waals surface area contributed by atoms with E-state index in [4.69, 9.17) is 9.15 Å². The number of nitrogens with zero attached hydrogens (tertiary/aromatic N) is 1. The van der Waals surface area contributed by atoms with Gasteiger partial charge in [-0.1, -0.05) is 30.3 Å². The number of para-hydroxylation sites is 2. The third kappa shape index (κ3) is 4.50. The fourth-order valence-corrected chi connectivity index (χ4v) is 3.53. The van der Waals surface area contributed by atoms with Crippen molar-refractivity contribution in [2.75, 3.05) is 12.4 Å². The van der Waals surface area contributed by atoms with Crippen molar-refractivity contribution in [1.82, 2.24) is 5.43 Å². The molecule has 4 rings (SSSR count). The largest absolute Gasteiger partial charge is 0.507 e. The standard InChI is InChI=1S/C25H23N3O5/c1-14-7-6-9-17(24(14)30)25(31)28-27-15(2)11-23(29)26-19-13-21-18(12-22(19)32-3)16-8-4-5-10-20(16)33-21/h4-10,12-13,30H,11H2,1-3H3,(H,26,29)(H,28,31)/b27-15-. The van der Waals surface area contributed by atoms with Gasteiger partial charge in [0.15, 0.2) is 0 Å². The van der Waals surface area contributed by atoms with Crippen LogP contribution in [0.1, 0.15) is 29.3 Å². The summed E-state index contributed by atoms with van der Waals surface area (Å²) in [7, 11) is 1.53. The normalized spacial score (nSPS) is 11.5. The molecule has 0 saturated carbocycles. The predicted molar refractivity (Wildman–Crippen MR) is 127 cm³/mol. The molecule has 1 aromatic heterocycles. The van der Waals surface area contributed by atoms with E-state index in [1.807, 2.05) is 30.3 Å². The first-order chi connectivity index (χ1) is 15.9. The molecule has 168 valence electrons. The number of furan rings is 1. The van der Waals surface area contributed by atoms with Gasteiger partial charge in [-0.05, 0) is 37.6 Å². The number of hydrogen-bond donors (Lipinski definition) is 3. The number of benzene rings is 3. The van der Waals surface area contributed by atoms with Crippen molar-refractivity contribution in [3.8, 4) is 11.5 Å². The number of phenolic OH excluding ortho intramolecular Hbond substituents is 1. The number of carbonyl (C=O) groups is 2. The Bertz CT molecular complexity index is 1400. The minimum absolute atomic E-state index is 0.0542. The smallest absolute Gasteiger partial charge is 0.275 e. The number of aryl methyl sites for hydroxylation is 1. The van der Waals surface area contributed by atoms with Gasteiger partial charge in [0.25, 0.3) is 5.91 Å². The predicted octanol–water partition coefficient (Wildman–Crippen LogP) is 4.74. The number of fused-ring (bicyclic) bond motifs is 3. The van der Waals surface area contributed by atoms with E-state index in [0.29, 0.717) is 28.3 Å². The third-order valence-corrected chi connectivity index (χ3v) is 5.22. The Morgan fingerprint density at radius 2 is 1.85 bits per heavy atom. The Balaban J connectivity index is 1.47. The summed E-state index contributed by atoms with van der Waals surface area (Å²) in [5.74, 6) is -0.500. The SMILES string of the molecule is COc1cc2c(cc1NC(=O)C/C(C)=N\NC(=O)c1cccc(C)c1O)oc1ccccc12. The van der Waals surface area contributed by atoms with Crippen LogP contribution in [0.3, 0.4) is 0 Å². The zero-order valence-corrected chi connectivity index (χ0v) is 18.4. The van der Waals surface area contributed by atoms with Gasteiger partial charge >= 0.3 is 0 Å². The number of ether oxygens (including phenoxy) is 1. The highest BCUT2D eigenvalue weighted by Gasteiger charge is 2.15. The maximum absolute atomic E-state index is 12.6. The summed E-state index contributed by atoms with van der Waals surface area (Å²) >= 11 is 0. The number of methoxy groups -OCH3 is 1. The van der Waals surface area contributed by atoms with Gasteiger partial charge < -0.3 is 19.6 Å². The molecule has 1 heterocycles. The number of anilines is 1. The molecule has 0 spiro atoms. The van der Waals surface area contributed by atoms with Crippen LogP contribution in [0.2, 0.25) is 0 Å². The van der Waals surface area contributed by atoms with Gasteiger partial charge in [0, 0.05) is 22.6 Å². The van der Waals surface area contributed by atoms with Crippen molar-refractivity contribution in [2.24, 2.45) is 5.10 Å². The molecular formula is C25H23N3O5. The molecule has 0 bridgehead atoms. The van der Waals surface area contributed by atoms with E-state index >= 15 is 0 Å². The highest BCUT2D eigenvalue weighted by atomic mass is 16.5. The Labute approximate surface area is 189 Å². The number of aromatic hydroxyl groups is 1. The highest BCUT2D eigenvalue weighted by Crippen LogP contribution is 2.36. The molecule has 0 unspecified atom stereocenters. The number of nitrogens with one attached hydrogen (secondary N) is 2. The average molecular weight is 445 g/mol. The van der Waals surface area contributed by atoms with Crippen LogP contribution >= 0.6 is 0 Å². The van der Waals surface area contributed by atoms with E-state index in [0.717, 1.165) is 16.4 Å². The van der Waals surface area contributed by atoms with E-state index in [-0.39, 0.29) is 23.6 Å². The fraction of sp³-hybridized carbons (Fsp3) is 0.160. The first kappa shape index (κ1) is 21.9. The molecule has 4 aromatic rings. The summed E-state index contributed by atoms with van der Waals surface area (Å²) in [4.78, 5) is 24.9. The van der Waals surface area contributed by atoms with Crippen molar-refractivity contribution in [3.63, 3.8) is 0 Å². The molecule has 8 heteroatoms. The number of phenols is 1. The van der Waals surface area contributed by atoms with Crippen molar-refractivity contribution in [1.29, 1.82) is 0 Å². The van der Waals surface area contributed by atoms with Crippen LogP contribution in [0.4, 0.5) is 5.69 Å². The van der Waals surface area contributed by atoms with Gasteiger partial charge in [0.1, 0.15) is 22.7 Å². The van der Waals surface area contributed by atoms with Gasteiger partial charge in [0.2, 0.25) is 5.91 Å². The Morgan fingerprint density at radius 3 is 2.64 bits per heavy atom. The number of rotatable bonds is 6. The molecule has 0 radical (unpaired) electrons. The van der Waals surface area contributed by atoms with Gasteiger partial charge in [0.05, 0.1) is 24.8 Å². The van der Waals surface area contributed by atoms with E-state index < -0.39 is 5.91 Å². The highest BCUT2D eigenvalue weighted by molar-refractivity contribution is 6.10. The van der Waals surface area contributed by atoms with E-state index in [1.165, 1.54) is 13.2 Å². The van der Waals surface area contributed by atoms with Gasteiger partial charge in [-0.3, -0.25) is 9.59 Å². The summed E-state index contributed by atoms with van der Waals surface area (Å²) in [5.41, 5.74) is 5.29. The van der Waals surface area contributed by atoms with E-state index in [9.17, 15) is 14.7 Å². The quantitative estimate of drug-likeness (QED) is 0.293. The molecule has 0 aliphatic rings. The topological polar surface area (TPSA) is 113 Å². The maximum Gasteiger partial charge on any atom is 0.275 e. The monoisotopic (exact) mass is 445 g/mol. The van der Waals surface area contributed by atoms with Crippen molar-refractivity contribution < 1.29 is 23.8 Å². The lowest BCUT2D eigenvalue weighted by atomic mass is 10.1. The van der Waals surface area contributed by atoms with Crippen molar-refractivity contribution in [3.05, 3.63) is 65.7 Å². The number of hydrazone groups is 1. The molecule has 33 heavy (non-hydrogen) atoms. The number of carbonyl (C=O) groups excluding carboxylic acids is 2. The molecule has 8 nitrogen and oxygen atoms in total. The summed E-state index contributed by atoms with van der Waals surface area (Å²) < 4.78 is 11.3. The van der Waals surface area contributed by atoms with Crippen LogP contribution < -0.4 is 15.5 Å². The van der Waals surface area contributed by atoms with Crippen LogP contribution in [-0.4, -0.2) is 29.7 Å². The minimum atomic E-state index is -0.562. The minimum Gasteiger partial charge on any atom is -0.507 e. The first-order valence-electron chi connectivity index (χ1n) is 10.3. The average Bonchev–Trinajstić information content (AvgIpc) is 3.16. The molecule has 0 saturated heterocycles. The van der Waals surface area contributed by atoms with Gasteiger partial charge in [-0.25, -0.2) is 5.43 Å². The lowest BCUT2D eigenvalue weighted by Crippen LogP contribution is -2.21. The second-order valence-electron chi connectivity index (χ2n) is 7.63. The lowest BCUT2D eigenvalue weighted by Gasteiger charge is -2.10. The summed E-state index contributed by atoms with van der Waals surface area (Å²) in [6, 6.07) is 16.1. The lowest BCUT2D eigenvalue weighted by molar-refractivity contribution is -0.115. The second kappa shape index (κ2) is 9.04. The fourth-order valence-electron chi connectivity index (χ4n) is 3.53. The molecule has 2 amide bonds. The third-order valence-electron chi connectivity index (χ3n) is 5.22. The molecule has 3 N–H and O–H groups in total. The Morgan fingerprint density at radius 1 is 1.06 bits per heavy atom. The van der Waals surface area contributed by atoms with Crippen LogP contribution in [0.5, 0.6) is 11.5 Å². The second-order valence-corrected chi connectivity index (χ2v) is 7.63. The van der Waals surface area contributed by atoms with Crippen molar-refractivity contribution in [2.45, 2.75) is 20.3 Å². The summed E-state index contributed by atoms with van der Waals surface area (Å²) in [6.07, 6.45) is -0.0542. The van der Waals surface area contributed by atoms with Gasteiger partial charge in [-0.15, -0.1) is 0 Å². The van der Waals surface area contributed by atoms with Gasteiger partial charge in [-0.2, -0.15) is 5.10 Å². The molecule has 0 atom stereocenters. The van der Waals surface area contributed by atoms with Crippen LogP contribution in [-0.2, 0) is 4.79 Å². The van der Waals surface area contributed by atoms with Crippen LogP contribution in [0, 0.1) is 6.92 Å². The number of amides is 2. The zero-order valence-electron chi connectivity index (χ0n) is 18.4.